The molecule has 6 nitrogen and oxygen atoms in total. The number of morpholine rings is 1. The Hall–Kier alpha value is -2.28. The van der Waals surface area contributed by atoms with E-state index in [1.54, 1.807) is 36.4 Å². The van der Waals surface area contributed by atoms with Crippen molar-refractivity contribution in [2.45, 2.75) is 19.3 Å². The lowest BCUT2D eigenvalue weighted by molar-refractivity contribution is -0.139. The third-order valence-corrected chi connectivity index (χ3v) is 6.79. The molecule has 0 unspecified atom stereocenters. The number of likely N-dealkylation sites (tertiary alicyclic amines) is 1. The van der Waals surface area contributed by atoms with Gasteiger partial charge in [0.1, 0.15) is 5.75 Å². The van der Waals surface area contributed by atoms with Crippen LogP contribution < -0.4 is 4.74 Å². The van der Waals surface area contributed by atoms with Crippen LogP contribution in [0.25, 0.3) is 0 Å². The van der Waals surface area contributed by atoms with Gasteiger partial charge in [0, 0.05) is 53.6 Å². The third-order valence-electron chi connectivity index (χ3n) is 6.29. The van der Waals surface area contributed by atoms with Gasteiger partial charge in [0.25, 0.3) is 5.91 Å². The van der Waals surface area contributed by atoms with Gasteiger partial charge in [0.15, 0.2) is 0 Å². The summed E-state index contributed by atoms with van der Waals surface area (Å²) >= 11 is 12.0. The van der Waals surface area contributed by atoms with Crippen LogP contribution in [0.4, 0.5) is 0 Å². The summed E-state index contributed by atoms with van der Waals surface area (Å²) in [6, 6.07) is 14.1. The van der Waals surface area contributed by atoms with E-state index in [1.807, 2.05) is 21.9 Å². The topological polar surface area (TPSA) is 59.1 Å². The molecular formula is C25H28Cl2N2O4. The molecule has 0 N–H and O–H groups in total. The molecule has 0 radical (unpaired) electrons. The van der Waals surface area contributed by atoms with E-state index < -0.39 is 5.41 Å². The van der Waals surface area contributed by atoms with Crippen molar-refractivity contribution in [3.05, 3.63) is 64.1 Å². The van der Waals surface area contributed by atoms with Crippen molar-refractivity contribution in [2.75, 3.05) is 46.0 Å². The average molecular weight is 491 g/mol. The highest BCUT2D eigenvalue weighted by molar-refractivity contribution is 6.30. The van der Waals surface area contributed by atoms with Gasteiger partial charge in [-0.25, -0.2) is 0 Å². The van der Waals surface area contributed by atoms with Gasteiger partial charge in [-0.2, -0.15) is 0 Å². The van der Waals surface area contributed by atoms with Gasteiger partial charge >= 0.3 is 0 Å². The van der Waals surface area contributed by atoms with E-state index in [4.69, 9.17) is 32.7 Å². The fourth-order valence-corrected chi connectivity index (χ4v) is 4.73. The first-order valence-electron chi connectivity index (χ1n) is 11.2. The van der Waals surface area contributed by atoms with Crippen LogP contribution >= 0.6 is 23.2 Å². The number of rotatable bonds is 6. The Bertz CT molecular complexity index is 961. The Kier molecular flexibility index (Phi) is 7.78. The molecule has 4 rings (SSSR count). The van der Waals surface area contributed by atoms with Crippen LogP contribution in [-0.2, 0) is 9.53 Å². The first-order valence-corrected chi connectivity index (χ1v) is 12.0. The molecule has 2 aliphatic heterocycles. The summed E-state index contributed by atoms with van der Waals surface area (Å²) < 4.78 is 11.5. The average Bonchev–Trinajstić information content (AvgIpc) is 2.84. The second kappa shape index (κ2) is 10.8. The molecule has 0 bridgehead atoms. The summed E-state index contributed by atoms with van der Waals surface area (Å²) in [4.78, 5) is 30.1. The Labute approximate surface area is 204 Å². The molecule has 0 aliphatic carbocycles. The molecule has 176 valence electrons. The fourth-order valence-electron chi connectivity index (χ4n) is 4.48. The predicted octanol–water partition coefficient (Wildman–Crippen LogP) is 4.54. The zero-order valence-electron chi connectivity index (χ0n) is 18.5. The monoisotopic (exact) mass is 490 g/mol. The van der Waals surface area contributed by atoms with Gasteiger partial charge < -0.3 is 19.3 Å². The number of hydrogen-bond acceptors (Lipinski definition) is 4. The van der Waals surface area contributed by atoms with E-state index >= 15 is 0 Å². The fraction of sp³-hybridized carbons (Fsp3) is 0.440. The Balaban J connectivity index is 1.52. The lowest BCUT2D eigenvalue weighted by atomic mass is 9.77. The molecule has 2 heterocycles. The van der Waals surface area contributed by atoms with Crippen molar-refractivity contribution < 1.29 is 19.1 Å². The van der Waals surface area contributed by atoms with Gasteiger partial charge in [-0.3, -0.25) is 9.59 Å². The number of carbonyl (C=O) groups excluding carboxylic acids is 2. The van der Waals surface area contributed by atoms with Gasteiger partial charge in [-0.1, -0.05) is 23.2 Å². The van der Waals surface area contributed by atoms with Crippen LogP contribution in [0.5, 0.6) is 5.75 Å². The van der Waals surface area contributed by atoms with E-state index in [-0.39, 0.29) is 11.8 Å². The van der Waals surface area contributed by atoms with Crippen LogP contribution in [0.15, 0.2) is 48.5 Å². The van der Waals surface area contributed by atoms with Crippen LogP contribution in [0.1, 0.15) is 29.6 Å². The SMILES string of the molecule is O=C(C[C@]1(COc2ccc(Cl)cc2)CCCN(C(=O)c2ccc(Cl)cc2)C1)N1CCOCC1. The second-order valence-electron chi connectivity index (χ2n) is 8.75. The summed E-state index contributed by atoms with van der Waals surface area (Å²) in [5.74, 6) is 0.721. The maximum atomic E-state index is 13.2. The van der Waals surface area contributed by atoms with Gasteiger partial charge in [-0.15, -0.1) is 0 Å². The minimum atomic E-state index is -0.477. The number of amides is 2. The number of carbonyl (C=O) groups is 2. The zero-order valence-corrected chi connectivity index (χ0v) is 20.0. The number of piperidine rings is 1. The van der Waals surface area contributed by atoms with Crippen LogP contribution in [0.2, 0.25) is 10.0 Å². The summed E-state index contributed by atoms with van der Waals surface area (Å²) in [6.45, 7) is 3.76. The summed E-state index contributed by atoms with van der Waals surface area (Å²) in [5.41, 5.74) is 0.114. The van der Waals surface area contributed by atoms with Crippen molar-refractivity contribution in [2.24, 2.45) is 5.41 Å². The molecule has 2 fully saturated rings. The van der Waals surface area contributed by atoms with Crippen LogP contribution in [-0.4, -0.2) is 67.6 Å². The lowest BCUT2D eigenvalue weighted by Crippen LogP contribution is -2.52. The molecule has 0 aromatic heterocycles. The largest absolute Gasteiger partial charge is 0.493 e. The molecule has 33 heavy (non-hydrogen) atoms. The van der Waals surface area contributed by atoms with E-state index in [2.05, 4.69) is 0 Å². The van der Waals surface area contributed by atoms with Crippen molar-refractivity contribution >= 4 is 35.0 Å². The minimum absolute atomic E-state index is 0.0546. The highest BCUT2D eigenvalue weighted by Crippen LogP contribution is 2.36. The molecule has 2 amide bonds. The first-order chi connectivity index (χ1) is 15.9. The van der Waals surface area contributed by atoms with E-state index in [1.165, 1.54) is 0 Å². The van der Waals surface area contributed by atoms with Crippen molar-refractivity contribution in [3.63, 3.8) is 0 Å². The van der Waals surface area contributed by atoms with E-state index in [0.717, 1.165) is 12.8 Å². The molecule has 1 atom stereocenters. The molecule has 2 aromatic rings. The number of ether oxygens (including phenoxy) is 2. The Morgan fingerprint density at radius 2 is 1.55 bits per heavy atom. The Morgan fingerprint density at radius 1 is 0.909 bits per heavy atom. The minimum Gasteiger partial charge on any atom is -0.493 e. The van der Waals surface area contributed by atoms with Crippen LogP contribution in [0.3, 0.4) is 0 Å². The van der Waals surface area contributed by atoms with Crippen molar-refractivity contribution in [1.29, 1.82) is 0 Å². The highest BCUT2D eigenvalue weighted by atomic mass is 35.5. The molecule has 2 aliphatic rings. The predicted molar refractivity (Wildman–Crippen MR) is 128 cm³/mol. The number of halogens is 2. The number of nitrogens with zero attached hydrogens (tertiary/aromatic N) is 2. The van der Waals surface area contributed by atoms with Crippen molar-refractivity contribution in [3.8, 4) is 5.75 Å². The first kappa shape index (κ1) is 23.9. The quantitative estimate of drug-likeness (QED) is 0.596. The van der Waals surface area contributed by atoms with Crippen molar-refractivity contribution in [1.82, 2.24) is 9.80 Å². The third kappa shape index (κ3) is 6.19. The summed E-state index contributed by atoms with van der Waals surface area (Å²) in [7, 11) is 0. The molecule has 0 spiro atoms. The van der Waals surface area contributed by atoms with E-state index in [0.29, 0.717) is 73.8 Å². The zero-order chi connectivity index (χ0) is 23.3. The molecule has 2 aromatic carbocycles. The summed E-state index contributed by atoms with van der Waals surface area (Å²) in [5, 5.41) is 1.23. The van der Waals surface area contributed by atoms with Gasteiger partial charge in [0.2, 0.25) is 5.91 Å². The summed E-state index contributed by atoms with van der Waals surface area (Å²) in [6.07, 6.45) is 1.94. The second-order valence-corrected chi connectivity index (χ2v) is 9.62. The molecule has 8 heteroatoms. The maximum Gasteiger partial charge on any atom is 0.253 e. The van der Waals surface area contributed by atoms with Crippen LogP contribution in [0, 0.1) is 5.41 Å². The number of hydrogen-bond donors (Lipinski definition) is 0. The molecular weight excluding hydrogens is 463 g/mol. The molecule has 2 saturated heterocycles. The Morgan fingerprint density at radius 3 is 2.21 bits per heavy atom. The normalized spacial score (nSPS) is 21.0. The number of benzene rings is 2. The maximum absolute atomic E-state index is 13.2. The van der Waals surface area contributed by atoms with Gasteiger partial charge in [0.05, 0.1) is 19.8 Å². The smallest absolute Gasteiger partial charge is 0.253 e. The van der Waals surface area contributed by atoms with Gasteiger partial charge in [-0.05, 0) is 61.4 Å². The molecule has 0 saturated carbocycles. The highest BCUT2D eigenvalue weighted by Gasteiger charge is 2.41. The van der Waals surface area contributed by atoms with E-state index in [9.17, 15) is 9.59 Å². The standard InChI is InChI=1S/C25H28Cl2N2O4/c26-20-4-2-19(3-5-20)24(31)29-11-1-10-25(17-29,16-23(30)28-12-14-32-15-13-28)18-33-22-8-6-21(27)7-9-22/h2-9H,1,10-18H2/t25-/m1/s1. The lowest BCUT2D eigenvalue weighted by Gasteiger charge is -2.43.